The largest absolute Gasteiger partial charge is 0.336 e. The third-order valence-electron chi connectivity index (χ3n) is 3.45. The van der Waals surface area contributed by atoms with E-state index < -0.39 is 0 Å². The molecular weight excluding hydrogens is 288 g/mol. The number of rotatable bonds is 2. The second-order valence-corrected chi connectivity index (χ2v) is 5.10. The van der Waals surface area contributed by atoms with Crippen molar-refractivity contribution in [2.45, 2.75) is 13.5 Å². The molecule has 1 heterocycles. The van der Waals surface area contributed by atoms with E-state index in [9.17, 15) is 9.59 Å². The first kappa shape index (κ1) is 13.6. The Balaban J connectivity index is 2.46. The van der Waals surface area contributed by atoms with E-state index in [2.05, 4.69) is 0 Å². The number of nitrogens with zero attached hydrogens (tertiary/aromatic N) is 2. The molecule has 1 aromatic heterocycles. The van der Waals surface area contributed by atoms with Gasteiger partial charge in [-0.05, 0) is 43.3 Å². The van der Waals surface area contributed by atoms with Crippen LogP contribution in [0.1, 0.15) is 6.92 Å². The molecule has 0 unspecified atom stereocenters. The highest BCUT2D eigenvalue weighted by molar-refractivity contribution is 6.30. The number of fused-ring (bicyclic) bond motifs is 1. The van der Waals surface area contributed by atoms with Crippen molar-refractivity contribution in [3.63, 3.8) is 0 Å². The Kier molecular flexibility index (Phi) is 3.39. The maximum absolute atomic E-state index is 12.6. The van der Waals surface area contributed by atoms with Gasteiger partial charge in [-0.25, -0.2) is 9.36 Å². The molecular formula is C16H13ClN2O2. The van der Waals surface area contributed by atoms with Gasteiger partial charge in [-0.15, -0.1) is 0 Å². The summed E-state index contributed by atoms with van der Waals surface area (Å²) >= 11 is 5.86. The van der Waals surface area contributed by atoms with E-state index in [-0.39, 0.29) is 11.2 Å². The quantitative estimate of drug-likeness (QED) is 0.730. The summed E-state index contributed by atoms with van der Waals surface area (Å²) in [4.78, 5) is 25.2. The van der Waals surface area contributed by atoms with Crippen LogP contribution < -0.4 is 11.2 Å². The fourth-order valence-corrected chi connectivity index (χ4v) is 2.57. The van der Waals surface area contributed by atoms with Crippen molar-refractivity contribution in [1.82, 2.24) is 9.13 Å². The van der Waals surface area contributed by atoms with Crippen LogP contribution in [0.5, 0.6) is 0 Å². The van der Waals surface area contributed by atoms with Gasteiger partial charge in [-0.2, -0.15) is 0 Å². The van der Waals surface area contributed by atoms with E-state index >= 15 is 0 Å². The monoisotopic (exact) mass is 300 g/mol. The fraction of sp³-hybridized carbons (Fsp3) is 0.125. The maximum atomic E-state index is 12.6. The van der Waals surface area contributed by atoms with Crippen LogP contribution >= 0.6 is 11.6 Å². The summed E-state index contributed by atoms with van der Waals surface area (Å²) in [5.41, 5.74) is 0.508. The van der Waals surface area contributed by atoms with Gasteiger partial charge in [0.05, 0.1) is 16.6 Å². The van der Waals surface area contributed by atoms with Crippen LogP contribution in [0.4, 0.5) is 0 Å². The highest BCUT2D eigenvalue weighted by atomic mass is 35.5. The third-order valence-corrected chi connectivity index (χ3v) is 3.70. The second kappa shape index (κ2) is 5.22. The van der Waals surface area contributed by atoms with E-state index in [0.29, 0.717) is 28.2 Å². The van der Waals surface area contributed by atoms with Crippen LogP contribution in [0, 0.1) is 0 Å². The van der Waals surface area contributed by atoms with E-state index in [1.54, 1.807) is 47.0 Å². The van der Waals surface area contributed by atoms with Crippen molar-refractivity contribution in [3.8, 4) is 5.69 Å². The zero-order chi connectivity index (χ0) is 15.0. The van der Waals surface area contributed by atoms with Crippen LogP contribution in [0.2, 0.25) is 5.02 Å². The molecule has 3 aromatic rings. The Morgan fingerprint density at radius 2 is 1.67 bits per heavy atom. The number of aryl methyl sites for hydroxylation is 1. The topological polar surface area (TPSA) is 44.0 Å². The SMILES string of the molecule is CCn1c(=O)n(-c2ccc(Cl)cc2)c(=O)c2ccccc21. The number of aromatic nitrogens is 2. The minimum Gasteiger partial charge on any atom is -0.293 e. The highest BCUT2D eigenvalue weighted by Crippen LogP contribution is 2.13. The van der Waals surface area contributed by atoms with Crippen molar-refractivity contribution in [3.05, 3.63) is 74.4 Å². The minimum absolute atomic E-state index is 0.317. The zero-order valence-corrected chi connectivity index (χ0v) is 12.2. The van der Waals surface area contributed by atoms with Crippen molar-refractivity contribution in [1.29, 1.82) is 0 Å². The predicted octanol–water partition coefficient (Wildman–Crippen LogP) is 2.83. The Labute approximate surface area is 125 Å². The fourth-order valence-electron chi connectivity index (χ4n) is 2.44. The summed E-state index contributed by atoms with van der Waals surface area (Å²) in [7, 11) is 0. The van der Waals surface area contributed by atoms with Gasteiger partial charge >= 0.3 is 5.69 Å². The predicted molar refractivity (Wildman–Crippen MR) is 84.5 cm³/mol. The van der Waals surface area contributed by atoms with Crippen molar-refractivity contribution in [2.75, 3.05) is 0 Å². The molecule has 0 aliphatic heterocycles. The third kappa shape index (κ3) is 2.17. The molecule has 2 aromatic carbocycles. The Morgan fingerprint density at radius 1 is 1.00 bits per heavy atom. The standard InChI is InChI=1S/C16H13ClN2O2/c1-2-18-14-6-4-3-5-13(14)15(20)19(16(18)21)12-9-7-11(17)8-10-12/h3-10H,2H2,1H3. The number of benzene rings is 2. The molecule has 0 saturated carbocycles. The Morgan fingerprint density at radius 3 is 2.33 bits per heavy atom. The lowest BCUT2D eigenvalue weighted by atomic mass is 10.2. The summed E-state index contributed by atoms with van der Waals surface area (Å²) in [6.07, 6.45) is 0. The van der Waals surface area contributed by atoms with Gasteiger partial charge in [0.1, 0.15) is 0 Å². The van der Waals surface area contributed by atoms with Crippen LogP contribution in [0.25, 0.3) is 16.6 Å². The molecule has 4 nitrogen and oxygen atoms in total. The molecule has 3 rings (SSSR count). The van der Waals surface area contributed by atoms with Crippen molar-refractivity contribution < 1.29 is 0 Å². The lowest BCUT2D eigenvalue weighted by molar-refractivity contribution is 0.692. The summed E-state index contributed by atoms with van der Waals surface area (Å²) in [6.45, 7) is 2.37. The molecule has 0 aliphatic rings. The van der Waals surface area contributed by atoms with Gasteiger partial charge in [0.15, 0.2) is 0 Å². The number of hydrogen-bond donors (Lipinski definition) is 0. The van der Waals surface area contributed by atoms with E-state index in [1.807, 2.05) is 13.0 Å². The number of halogens is 1. The van der Waals surface area contributed by atoms with Gasteiger partial charge in [-0.3, -0.25) is 9.36 Å². The zero-order valence-electron chi connectivity index (χ0n) is 11.4. The van der Waals surface area contributed by atoms with Crippen molar-refractivity contribution in [2.24, 2.45) is 0 Å². The van der Waals surface area contributed by atoms with Crippen LogP contribution in [0.3, 0.4) is 0 Å². The van der Waals surface area contributed by atoms with Crippen LogP contribution in [-0.4, -0.2) is 9.13 Å². The van der Waals surface area contributed by atoms with Gasteiger partial charge in [-0.1, -0.05) is 23.7 Å². The van der Waals surface area contributed by atoms with Gasteiger partial charge < -0.3 is 0 Å². The van der Waals surface area contributed by atoms with Gasteiger partial charge in [0.25, 0.3) is 5.56 Å². The molecule has 0 aliphatic carbocycles. The highest BCUT2D eigenvalue weighted by Gasteiger charge is 2.12. The smallest absolute Gasteiger partial charge is 0.293 e. The van der Waals surface area contributed by atoms with Crippen LogP contribution in [-0.2, 0) is 6.54 Å². The molecule has 0 radical (unpaired) electrons. The summed E-state index contributed by atoms with van der Waals surface area (Å²) in [6, 6.07) is 13.8. The molecule has 0 spiro atoms. The van der Waals surface area contributed by atoms with E-state index in [1.165, 1.54) is 4.57 Å². The molecule has 5 heteroatoms. The first-order valence-electron chi connectivity index (χ1n) is 6.64. The molecule has 106 valence electrons. The molecule has 0 bridgehead atoms. The molecule has 0 atom stereocenters. The summed E-state index contributed by atoms with van der Waals surface area (Å²) < 4.78 is 2.77. The lowest BCUT2D eigenvalue weighted by Gasteiger charge is -2.12. The lowest BCUT2D eigenvalue weighted by Crippen LogP contribution is -2.38. The maximum Gasteiger partial charge on any atom is 0.336 e. The average molecular weight is 301 g/mol. The molecule has 0 amide bonds. The molecule has 0 N–H and O–H groups in total. The summed E-state index contributed by atoms with van der Waals surface area (Å²) in [5, 5.41) is 1.08. The molecule has 0 fully saturated rings. The second-order valence-electron chi connectivity index (χ2n) is 4.66. The van der Waals surface area contributed by atoms with Crippen LogP contribution in [0.15, 0.2) is 58.1 Å². The number of hydrogen-bond acceptors (Lipinski definition) is 2. The number of para-hydroxylation sites is 1. The molecule has 0 saturated heterocycles. The van der Waals surface area contributed by atoms with Crippen molar-refractivity contribution >= 4 is 22.5 Å². The Bertz CT molecular complexity index is 924. The molecule has 21 heavy (non-hydrogen) atoms. The minimum atomic E-state index is -0.344. The Hall–Kier alpha value is -2.33. The van der Waals surface area contributed by atoms with E-state index in [4.69, 9.17) is 11.6 Å². The normalized spacial score (nSPS) is 11.0. The van der Waals surface area contributed by atoms with Gasteiger partial charge in [0, 0.05) is 11.6 Å². The van der Waals surface area contributed by atoms with Gasteiger partial charge in [0.2, 0.25) is 0 Å². The first-order valence-corrected chi connectivity index (χ1v) is 7.02. The van der Waals surface area contributed by atoms with E-state index in [0.717, 1.165) is 0 Å². The first-order chi connectivity index (χ1) is 10.1. The average Bonchev–Trinajstić information content (AvgIpc) is 2.50. The summed E-state index contributed by atoms with van der Waals surface area (Å²) in [5.74, 6) is 0.